The number of nitrogens with one attached hydrogen (secondary N) is 1. The molecule has 1 aliphatic rings. The molecule has 120 valence electrons. The number of amides is 1. The molecule has 6 nitrogen and oxygen atoms in total. The molecule has 1 aromatic carbocycles. The number of ether oxygens (including phenoxy) is 1. The first-order valence-electron chi connectivity index (χ1n) is 7.05. The zero-order valence-electron chi connectivity index (χ0n) is 12.1. The van der Waals surface area contributed by atoms with Crippen molar-refractivity contribution in [2.45, 2.75) is 0 Å². The fourth-order valence-corrected chi connectivity index (χ4v) is 2.72. The van der Waals surface area contributed by atoms with E-state index in [1.54, 1.807) is 24.3 Å². The number of aromatic nitrogens is 2. The number of nitrogens with zero attached hydrogens (tertiary/aromatic N) is 3. The summed E-state index contributed by atoms with van der Waals surface area (Å²) in [6, 6.07) is 6.66. The smallest absolute Gasteiger partial charge is 0.274 e. The molecule has 0 bridgehead atoms. The van der Waals surface area contributed by atoms with Gasteiger partial charge < -0.3 is 15.0 Å². The number of hydrogen-bond donors (Lipinski definition) is 1. The highest BCUT2D eigenvalue weighted by molar-refractivity contribution is 6.40. The van der Waals surface area contributed by atoms with E-state index in [0.717, 1.165) is 13.1 Å². The first-order valence-corrected chi connectivity index (χ1v) is 7.81. The standard InChI is InChI=1S/C15H14Cl2N4O2/c16-10-2-1-3-11(17)14(10)20-15(22)12-8-13(19-9-18-12)21-4-6-23-7-5-21/h1-3,8-9H,4-7H2,(H,20,22). The third-order valence-corrected chi connectivity index (χ3v) is 4.05. The lowest BCUT2D eigenvalue weighted by molar-refractivity contribution is 0.102. The van der Waals surface area contributed by atoms with E-state index in [4.69, 9.17) is 27.9 Å². The molecule has 1 amide bonds. The second kappa shape index (κ2) is 7.12. The summed E-state index contributed by atoms with van der Waals surface area (Å²) in [7, 11) is 0. The van der Waals surface area contributed by atoms with Crippen molar-refractivity contribution in [3.8, 4) is 0 Å². The molecule has 0 spiro atoms. The SMILES string of the molecule is O=C(Nc1c(Cl)cccc1Cl)c1cc(N2CCOCC2)ncn1. The molecule has 0 saturated carbocycles. The minimum Gasteiger partial charge on any atom is -0.378 e. The zero-order chi connectivity index (χ0) is 16.2. The Labute approximate surface area is 143 Å². The van der Waals surface area contributed by atoms with Crippen LogP contribution in [0.2, 0.25) is 10.0 Å². The van der Waals surface area contributed by atoms with Crippen LogP contribution in [-0.2, 0) is 4.74 Å². The van der Waals surface area contributed by atoms with Crippen LogP contribution in [0.25, 0.3) is 0 Å². The fourth-order valence-electron chi connectivity index (χ4n) is 2.23. The molecule has 1 fully saturated rings. The number of carbonyl (C=O) groups excluding carboxylic acids is 1. The Morgan fingerprint density at radius 3 is 2.57 bits per heavy atom. The second-order valence-corrected chi connectivity index (χ2v) is 5.73. The number of halogens is 2. The van der Waals surface area contributed by atoms with Gasteiger partial charge in [0.1, 0.15) is 17.8 Å². The molecular formula is C15H14Cl2N4O2. The van der Waals surface area contributed by atoms with E-state index in [2.05, 4.69) is 15.3 Å². The van der Waals surface area contributed by atoms with Gasteiger partial charge >= 0.3 is 0 Å². The van der Waals surface area contributed by atoms with Crippen LogP contribution >= 0.6 is 23.2 Å². The predicted molar refractivity (Wildman–Crippen MR) is 89.5 cm³/mol. The van der Waals surface area contributed by atoms with E-state index in [0.29, 0.717) is 34.8 Å². The summed E-state index contributed by atoms with van der Waals surface area (Å²) in [5.74, 6) is 0.301. The zero-order valence-corrected chi connectivity index (χ0v) is 13.6. The Kier molecular flexibility index (Phi) is 4.95. The topological polar surface area (TPSA) is 67.4 Å². The summed E-state index contributed by atoms with van der Waals surface area (Å²) in [4.78, 5) is 22.7. The average molecular weight is 353 g/mol. The molecule has 1 aromatic heterocycles. The molecule has 0 radical (unpaired) electrons. The van der Waals surface area contributed by atoms with Crippen molar-refractivity contribution in [1.29, 1.82) is 0 Å². The molecular weight excluding hydrogens is 339 g/mol. The molecule has 0 atom stereocenters. The fraction of sp³-hybridized carbons (Fsp3) is 0.267. The lowest BCUT2D eigenvalue weighted by atomic mass is 10.3. The van der Waals surface area contributed by atoms with Crippen molar-refractivity contribution in [2.75, 3.05) is 36.5 Å². The van der Waals surface area contributed by atoms with Gasteiger partial charge in [-0.3, -0.25) is 4.79 Å². The summed E-state index contributed by atoms with van der Waals surface area (Å²) < 4.78 is 5.31. The van der Waals surface area contributed by atoms with E-state index < -0.39 is 5.91 Å². The van der Waals surface area contributed by atoms with Gasteiger partial charge in [0.2, 0.25) is 0 Å². The van der Waals surface area contributed by atoms with Crippen LogP contribution in [0.15, 0.2) is 30.6 Å². The number of hydrogen-bond acceptors (Lipinski definition) is 5. The Balaban J connectivity index is 1.80. The number of morpholine rings is 1. The summed E-state index contributed by atoms with van der Waals surface area (Å²) in [6.45, 7) is 2.74. The number of rotatable bonds is 3. The molecule has 1 saturated heterocycles. The van der Waals surface area contributed by atoms with E-state index >= 15 is 0 Å². The van der Waals surface area contributed by atoms with Crippen LogP contribution in [0.1, 0.15) is 10.5 Å². The van der Waals surface area contributed by atoms with E-state index in [1.807, 2.05) is 4.90 Å². The van der Waals surface area contributed by atoms with Crippen molar-refractivity contribution in [2.24, 2.45) is 0 Å². The van der Waals surface area contributed by atoms with Gasteiger partial charge in [-0.1, -0.05) is 29.3 Å². The molecule has 2 aromatic rings. The molecule has 23 heavy (non-hydrogen) atoms. The minimum absolute atomic E-state index is 0.248. The first-order chi connectivity index (χ1) is 11.1. The van der Waals surface area contributed by atoms with E-state index in [-0.39, 0.29) is 5.69 Å². The number of benzene rings is 1. The van der Waals surface area contributed by atoms with Crippen molar-refractivity contribution in [3.05, 3.63) is 46.3 Å². The highest BCUT2D eigenvalue weighted by Crippen LogP contribution is 2.30. The van der Waals surface area contributed by atoms with E-state index in [9.17, 15) is 4.79 Å². The van der Waals surface area contributed by atoms with Crippen LogP contribution < -0.4 is 10.2 Å². The third-order valence-electron chi connectivity index (χ3n) is 3.42. The Morgan fingerprint density at radius 1 is 1.17 bits per heavy atom. The summed E-state index contributed by atoms with van der Waals surface area (Å²) in [6.07, 6.45) is 1.37. The van der Waals surface area contributed by atoms with Crippen molar-refractivity contribution in [1.82, 2.24) is 9.97 Å². The van der Waals surface area contributed by atoms with Gasteiger partial charge in [0.25, 0.3) is 5.91 Å². The molecule has 1 N–H and O–H groups in total. The lowest BCUT2D eigenvalue weighted by Crippen LogP contribution is -2.37. The van der Waals surface area contributed by atoms with Crippen molar-refractivity contribution >= 4 is 40.6 Å². The maximum Gasteiger partial charge on any atom is 0.274 e. The van der Waals surface area contributed by atoms with Crippen LogP contribution in [0.3, 0.4) is 0 Å². The van der Waals surface area contributed by atoms with Gasteiger partial charge in [-0.05, 0) is 12.1 Å². The highest BCUT2D eigenvalue weighted by atomic mass is 35.5. The molecule has 8 heteroatoms. The van der Waals surface area contributed by atoms with Crippen LogP contribution in [0.5, 0.6) is 0 Å². The van der Waals surface area contributed by atoms with Gasteiger partial charge in [-0.15, -0.1) is 0 Å². The summed E-state index contributed by atoms with van der Waals surface area (Å²) in [5.41, 5.74) is 0.616. The monoisotopic (exact) mass is 352 g/mol. The Bertz CT molecular complexity index is 700. The first kappa shape index (κ1) is 16.0. The van der Waals surface area contributed by atoms with Gasteiger partial charge in [0.05, 0.1) is 28.9 Å². The Morgan fingerprint density at radius 2 is 1.87 bits per heavy atom. The van der Waals surface area contributed by atoms with Gasteiger partial charge in [-0.2, -0.15) is 0 Å². The molecule has 0 unspecified atom stereocenters. The average Bonchev–Trinajstić information content (AvgIpc) is 2.59. The van der Waals surface area contributed by atoms with Crippen LogP contribution in [-0.4, -0.2) is 42.2 Å². The lowest BCUT2D eigenvalue weighted by Gasteiger charge is -2.27. The van der Waals surface area contributed by atoms with Gasteiger partial charge in [0.15, 0.2) is 0 Å². The minimum atomic E-state index is -0.392. The molecule has 2 heterocycles. The normalized spacial score (nSPS) is 14.6. The molecule has 0 aliphatic carbocycles. The second-order valence-electron chi connectivity index (χ2n) is 4.91. The summed E-state index contributed by atoms with van der Waals surface area (Å²) >= 11 is 12.1. The van der Waals surface area contributed by atoms with Gasteiger partial charge in [-0.25, -0.2) is 9.97 Å². The predicted octanol–water partition coefficient (Wildman–Crippen LogP) is 2.87. The largest absolute Gasteiger partial charge is 0.378 e. The molecule has 3 rings (SSSR count). The Hall–Kier alpha value is -1.89. The van der Waals surface area contributed by atoms with Crippen molar-refractivity contribution < 1.29 is 9.53 Å². The third kappa shape index (κ3) is 3.72. The van der Waals surface area contributed by atoms with Crippen molar-refractivity contribution in [3.63, 3.8) is 0 Å². The van der Waals surface area contributed by atoms with Crippen LogP contribution in [0, 0.1) is 0 Å². The number of carbonyl (C=O) groups is 1. The number of para-hydroxylation sites is 1. The number of anilines is 2. The summed E-state index contributed by atoms with van der Waals surface area (Å²) in [5, 5.41) is 3.43. The highest BCUT2D eigenvalue weighted by Gasteiger charge is 2.17. The van der Waals surface area contributed by atoms with Crippen LogP contribution in [0.4, 0.5) is 11.5 Å². The maximum atomic E-state index is 12.4. The quantitative estimate of drug-likeness (QED) is 0.919. The maximum absolute atomic E-state index is 12.4. The molecule has 1 aliphatic heterocycles. The van der Waals surface area contributed by atoms with Gasteiger partial charge in [0, 0.05) is 19.2 Å². The van der Waals surface area contributed by atoms with E-state index in [1.165, 1.54) is 6.33 Å².